The summed E-state index contributed by atoms with van der Waals surface area (Å²) in [7, 11) is 0. The number of hydrogen-bond donors (Lipinski definition) is 2. The summed E-state index contributed by atoms with van der Waals surface area (Å²) in [5, 5.41) is 11.7. The van der Waals surface area contributed by atoms with Crippen LogP contribution >= 0.6 is 0 Å². The molecule has 1 aliphatic heterocycles. The van der Waals surface area contributed by atoms with E-state index in [1.807, 2.05) is 43.0 Å². The van der Waals surface area contributed by atoms with E-state index in [2.05, 4.69) is 29.6 Å². The lowest BCUT2D eigenvalue weighted by atomic mass is 9.87. The van der Waals surface area contributed by atoms with E-state index in [1.165, 1.54) is 22.3 Å². The Hall–Kier alpha value is -3.35. The molecular formula is C28H34N2O5. The molecule has 35 heavy (non-hydrogen) atoms. The molecule has 2 aromatic carbocycles. The average molecular weight is 479 g/mol. The van der Waals surface area contributed by atoms with Gasteiger partial charge < -0.3 is 20.1 Å². The van der Waals surface area contributed by atoms with E-state index in [-0.39, 0.29) is 30.8 Å². The molecule has 0 radical (unpaired) electrons. The number of carboxylic acid groups (broad SMARTS) is 1. The molecule has 186 valence electrons. The molecule has 0 bridgehead atoms. The van der Waals surface area contributed by atoms with Crippen molar-refractivity contribution in [3.8, 4) is 11.1 Å². The molecule has 4 rings (SSSR count). The average Bonchev–Trinajstić information content (AvgIpc) is 3.44. The number of rotatable bonds is 9. The number of carboxylic acids is 1. The van der Waals surface area contributed by atoms with Crippen LogP contribution in [-0.4, -0.2) is 54.2 Å². The Kier molecular flexibility index (Phi) is 7.43. The molecule has 2 aliphatic rings. The van der Waals surface area contributed by atoms with Crippen LogP contribution in [-0.2, 0) is 14.3 Å². The predicted octanol–water partition coefficient (Wildman–Crippen LogP) is 4.65. The van der Waals surface area contributed by atoms with Crippen molar-refractivity contribution in [2.24, 2.45) is 11.3 Å². The second-order valence-corrected chi connectivity index (χ2v) is 10.2. The number of likely N-dealkylation sites (tertiary alicyclic amines) is 1. The first-order chi connectivity index (χ1) is 16.8. The third kappa shape index (κ3) is 5.66. The molecule has 1 saturated heterocycles. The standard InChI is InChI=1S/C28H34N2O5/c1-28(2,26(33)30-16-13-19(17-30)11-12-25(31)32)14-15-29-27(34)35-18-24-22-9-5-3-7-20(22)21-8-4-6-10-23(21)24/h3-10,19,24H,11-18H2,1-2H3,(H,29,34)(H,31,32). The van der Waals surface area contributed by atoms with Crippen molar-refractivity contribution < 1.29 is 24.2 Å². The zero-order chi connectivity index (χ0) is 25.0. The van der Waals surface area contributed by atoms with Gasteiger partial charge in [0.05, 0.1) is 0 Å². The number of benzene rings is 2. The van der Waals surface area contributed by atoms with Crippen molar-refractivity contribution in [3.05, 3.63) is 59.7 Å². The molecular weight excluding hydrogens is 444 g/mol. The van der Waals surface area contributed by atoms with Crippen molar-refractivity contribution in [3.63, 3.8) is 0 Å². The summed E-state index contributed by atoms with van der Waals surface area (Å²) in [5.41, 5.74) is 4.08. The number of amides is 2. The number of carbonyl (C=O) groups excluding carboxylic acids is 2. The zero-order valence-corrected chi connectivity index (χ0v) is 20.5. The van der Waals surface area contributed by atoms with Crippen LogP contribution in [0, 0.1) is 11.3 Å². The number of hydrogen-bond acceptors (Lipinski definition) is 4. The van der Waals surface area contributed by atoms with Gasteiger partial charge in [-0.25, -0.2) is 4.79 Å². The van der Waals surface area contributed by atoms with Crippen molar-refractivity contribution in [2.75, 3.05) is 26.2 Å². The molecule has 2 aromatic rings. The highest BCUT2D eigenvalue weighted by Gasteiger charge is 2.36. The van der Waals surface area contributed by atoms with Gasteiger partial charge in [-0.2, -0.15) is 0 Å². The highest BCUT2D eigenvalue weighted by atomic mass is 16.5. The smallest absolute Gasteiger partial charge is 0.407 e. The maximum atomic E-state index is 13.0. The van der Waals surface area contributed by atoms with Gasteiger partial charge >= 0.3 is 12.1 Å². The monoisotopic (exact) mass is 478 g/mol. The van der Waals surface area contributed by atoms with Crippen LogP contribution in [0.5, 0.6) is 0 Å². The maximum Gasteiger partial charge on any atom is 0.407 e. The first kappa shape index (κ1) is 24.8. The van der Waals surface area contributed by atoms with Gasteiger partial charge in [-0.3, -0.25) is 9.59 Å². The van der Waals surface area contributed by atoms with E-state index in [0.29, 0.717) is 32.5 Å². The van der Waals surface area contributed by atoms with Crippen LogP contribution < -0.4 is 5.32 Å². The molecule has 7 heteroatoms. The fraction of sp³-hybridized carbons (Fsp3) is 0.464. The first-order valence-electron chi connectivity index (χ1n) is 12.4. The number of carbonyl (C=O) groups is 3. The Morgan fingerprint density at radius 1 is 1.06 bits per heavy atom. The topological polar surface area (TPSA) is 95.9 Å². The number of aliphatic carboxylic acids is 1. The third-order valence-electron chi connectivity index (χ3n) is 7.28. The molecule has 2 N–H and O–H groups in total. The fourth-order valence-corrected chi connectivity index (χ4v) is 5.24. The van der Waals surface area contributed by atoms with Gasteiger partial charge in [-0.15, -0.1) is 0 Å². The fourth-order valence-electron chi connectivity index (χ4n) is 5.24. The van der Waals surface area contributed by atoms with Gasteiger partial charge in [-0.05, 0) is 47.4 Å². The summed E-state index contributed by atoms with van der Waals surface area (Å²) in [5.74, 6) is -0.501. The van der Waals surface area contributed by atoms with Gasteiger partial charge in [0.25, 0.3) is 0 Å². The zero-order valence-electron chi connectivity index (χ0n) is 20.5. The second kappa shape index (κ2) is 10.5. The SMILES string of the molecule is CC(C)(CCNC(=O)OCC1c2ccccc2-c2ccccc21)C(=O)N1CCC(CCC(=O)O)C1. The summed E-state index contributed by atoms with van der Waals surface area (Å²) in [6.45, 7) is 5.64. The van der Waals surface area contributed by atoms with Crippen LogP contribution in [0.15, 0.2) is 48.5 Å². The molecule has 0 saturated carbocycles. The van der Waals surface area contributed by atoms with Crippen LogP contribution in [0.1, 0.15) is 56.6 Å². The van der Waals surface area contributed by atoms with Crippen molar-refractivity contribution in [1.29, 1.82) is 0 Å². The summed E-state index contributed by atoms with van der Waals surface area (Å²) >= 11 is 0. The molecule has 1 unspecified atom stereocenters. The highest BCUT2D eigenvalue weighted by molar-refractivity contribution is 5.82. The number of nitrogens with zero attached hydrogens (tertiary/aromatic N) is 1. The molecule has 2 amide bonds. The Bertz CT molecular complexity index is 1050. The van der Waals surface area contributed by atoms with Gasteiger partial charge in [-0.1, -0.05) is 62.4 Å². The summed E-state index contributed by atoms with van der Waals surface area (Å²) in [6.07, 6.45) is 1.59. The van der Waals surface area contributed by atoms with Crippen LogP contribution in [0.25, 0.3) is 11.1 Å². The van der Waals surface area contributed by atoms with E-state index in [4.69, 9.17) is 9.84 Å². The minimum atomic E-state index is -0.797. The number of alkyl carbamates (subject to hydrolysis) is 1. The molecule has 7 nitrogen and oxygen atoms in total. The Morgan fingerprint density at radius 2 is 1.69 bits per heavy atom. The van der Waals surface area contributed by atoms with Crippen molar-refractivity contribution >= 4 is 18.0 Å². The van der Waals surface area contributed by atoms with E-state index >= 15 is 0 Å². The second-order valence-electron chi connectivity index (χ2n) is 10.2. The molecule has 1 heterocycles. The lowest BCUT2D eigenvalue weighted by molar-refractivity contribution is -0.139. The Labute approximate surface area is 206 Å². The Morgan fingerprint density at radius 3 is 2.31 bits per heavy atom. The van der Waals surface area contributed by atoms with E-state index in [0.717, 1.165) is 6.42 Å². The normalized spacial score (nSPS) is 17.1. The van der Waals surface area contributed by atoms with Gasteiger partial charge in [0.15, 0.2) is 0 Å². The van der Waals surface area contributed by atoms with E-state index in [1.54, 1.807) is 0 Å². The minimum absolute atomic E-state index is 0.00964. The van der Waals surface area contributed by atoms with Crippen molar-refractivity contribution in [2.45, 2.75) is 45.4 Å². The van der Waals surface area contributed by atoms with Gasteiger partial charge in [0.1, 0.15) is 6.61 Å². The molecule has 1 atom stereocenters. The van der Waals surface area contributed by atoms with Gasteiger partial charge in [0.2, 0.25) is 5.91 Å². The van der Waals surface area contributed by atoms with Crippen LogP contribution in [0.4, 0.5) is 4.79 Å². The number of ether oxygens (including phenoxy) is 1. The molecule has 0 spiro atoms. The quantitative estimate of drug-likeness (QED) is 0.547. The van der Waals surface area contributed by atoms with Crippen molar-refractivity contribution in [1.82, 2.24) is 10.2 Å². The summed E-state index contributed by atoms with van der Waals surface area (Å²) in [4.78, 5) is 38.1. The lowest BCUT2D eigenvalue weighted by Gasteiger charge is -2.29. The summed E-state index contributed by atoms with van der Waals surface area (Å²) in [6, 6.07) is 16.4. The molecule has 1 aliphatic carbocycles. The number of nitrogens with one attached hydrogen (secondary N) is 1. The van der Waals surface area contributed by atoms with Gasteiger partial charge in [0, 0.05) is 37.4 Å². The van der Waals surface area contributed by atoms with E-state index in [9.17, 15) is 14.4 Å². The predicted molar refractivity (Wildman–Crippen MR) is 133 cm³/mol. The van der Waals surface area contributed by atoms with E-state index < -0.39 is 17.5 Å². The van der Waals surface area contributed by atoms with Crippen LogP contribution in [0.3, 0.4) is 0 Å². The first-order valence-corrected chi connectivity index (χ1v) is 12.4. The molecule has 1 fully saturated rings. The Balaban J connectivity index is 1.24. The lowest BCUT2D eigenvalue weighted by Crippen LogP contribution is -2.41. The highest BCUT2D eigenvalue weighted by Crippen LogP contribution is 2.44. The third-order valence-corrected chi connectivity index (χ3v) is 7.28. The minimum Gasteiger partial charge on any atom is -0.481 e. The number of fused-ring (bicyclic) bond motifs is 3. The molecule has 0 aromatic heterocycles. The largest absolute Gasteiger partial charge is 0.481 e. The summed E-state index contributed by atoms with van der Waals surface area (Å²) < 4.78 is 5.58. The maximum absolute atomic E-state index is 13.0. The van der Waals surface area contributed by atoms with Crippen LogP contribution in [0.2, 0.25) is 0 Å².